The highest BCUT2D eigenvalue weighted by molar-refractivity contribution is 7.45. The zero-order valence-corrected chi connectivity index (χ0v) is 51.9. The predicted molar refractivity (Wildman–Crippen MR) is 337 cm³/mol. The molecule has 0 aromatic rings. The van der Waals surface area contributed by atoms with Crippen LogP contribution in [0.1, 0.15) is 239 Å². The van der Waals surface area contributed by atoms with Crippen molar-refractivity contribution in [2.45, 2.75) is 245 Å². The minimum atomic E-state index is -4.64. The van der Waals surface area contributed by atoms with E-state index in [1.165, 1.54) is 77.0 Å². The summed E-state index contributed by atoms with van der Waals surface area (Å²) >= 11 is 0. The number of rotatable bonds is 56. The molecule has 0 aromatic heterocycles. The van der Waals surface area contributed by atoms with E-state index >= 15 is 0 Å². The molecule has 0 bridgehead atoms. The molecule has 0 aliphatic carbocycles. The standard InChI is InChI=1S/C69H116NO8P/c1-6-8-10-12-14-16-18-20-22-23-24-25-26-27-28-29-30-31-32-33-34-35-36-37-38-39-40-41-42-43-44-45-46-47-48-50-52-54-56-58-60-62-69(72)78-67(66-77-79(73,74)76-64-63-70(3,4)5)65-75-68(71)61-59-57-55-53-51-49-21-19-17-15-13-11-9-7-2/h8,10,14,16,19-22,24-25,27-28,30-31,33-34,36-37,39-40,42-43,67H,6-7,9,11-13,15,17-18,23,26,29,32,35,38,41,44-66H2,1-5H3/b10-8-,16-14-,21-19-,22-20-,25-24-,28-27-,31-30-,34-33-,37-36-,40-39-,43-42-. The third-order valence-electron chi connectivity index (χ3n) is 12.9. The van der Waals surface area contributed by atoms with Crippen LogP contribution in [0, 0.1) is 0 Å². The summed E-state index contributed by atoms with van der Waals surface area (Å²) in [7, 11) is 1.15. The van der Waals surface area contributed by atoms with Crippen LogP contribution < -0.4 is 4.89 Å². The van der Waals surface area contributed by atoms with E-state index in [0.29, 0.717) is 23.9 Å². The minimum absolute atomic E-state index is 0.0383. The minimum Gasteiger partial charge on any atom is -0.756 e. The molecular formula is C69H116NO8P. The first-order valence-electron chi connectivity index (χ1n) is 31.4. The summed E-state index contributed by atoms with van der Waals surface area (Å²) in [6.45, 7) is 4.09. The molecule has 0 aliphatic heterocycles. The Kier molecular flexibility index (Phi) is 55.9. The van der Waals surface area contributed by atoms with Crippen molar-refractivity contribution >= 4 is 19.8 Å². The molecule has 0 saturated heterocycles. The first kappa shape index (κ1) is 75.2. The van der Waals surface area contributed by atoms with E-state index in [1.54, 1.807) is 0 Å². The van der Waals surface area contributed by atoms with Crippen molar-refractivity contribution in [1.29, 1.82) is 0 Å². The Morgan fingerprint density at radius 1 is 0.405 bits per heavy atom. The molecule has 0 heterocycles. The quantitative estimate of drug-likeness (QED) is 0.0195. The maximum Gasteiger partial charge on any atom is 0.306 e. The second kappa shape index (κ2) is 58.8. The van der Waals surface area contributed by atoms with Crippen LogP contribution in [0.25, 0.3) is 0 Å². The van der Waals surface area contributed by atoms with Crippen molar-refractivity contribution in [2.24, 2.45) is 0 Å². The highest BCUT2D eigenvalue weighted by Gasteiger charge is 2.22. The summed E-state index contributed by atoms with van der Waals surface area (Å²) in [6.07, 6.45) is 85.1. The van der Waals surface area contributed by atoms with Gasteiger partial charge < -0.3 is 27.9 Å². The number of carbonyl (C=O) groups is 2. The van der Waals surface area contributed by atoms with Crippen LogP contribution in [0.15, 0.2) is 134 Å². The van der Waals surface area contributed by atoms with Gasteiger partial charge in [-0.2, -0.15) is 0 Å². The van der Waals surface area contributed by atoms with Gasteiger partial charge in [0.1, 0.15) is 19.8 Å². The monoisotopic (exact) mass is 1120 g/mol. The van der Waals surface area contributed by atoms with Gasteiger partial charge in [-0.15, -0.1) is 0 Å². The molecule has 450 valence electrons. The third kappa shape index (κ3) is 63.2. The van der Waals surface area contributed by atoms with Crippen molar-refractivity contribution in [1.82, 2.24) is 0 Å². The number of carbonyl (C=O) groups excluding carboxylic acids is 2. The SMILES string of the molecule is CC/C=C\C/C=C\C/C=C\C/C=C\C/C=C\C/C=C\C/C=C\C/C=C\C/C=C\C/C=C\CCCCCCCCCCCCC(=O)OC(COC(=O)CCCCCCC/C=C\CCCCCCC)COP(=O)([O-])OCC[N+](C)(C)C. The number of esters is 2. The molecule has 0 fully saturated rings. The Balaban J connectivity index is 4.08. The van der Waals surface area contributed by atoms with Crippen molar-refractivity contribution < 1.29 is 42.1 Å². The molecule has 2 unspecified atom stereocenters. The van der Waals surface area contributed by atoms with Crippen LogP contribution in [-0.2, 0) is 32.7 Å². The van der Waals surface area contributed by atoms with E-state index in [-0.39, 0.29) is 26.1 Å². The number of allylic oxidation sites excluding steroid dienone is 22. The van der Waals surface area contributed by atoms with Crippen LogP contribution in [0.2, 0.25) is 0 Å². The van der Waals surface area contributed by atoms with Crippen LogP contribution in [0.3, 0.4) is 0 Å². The van der Waals surface area contributed by atoms with Crippen LogP contribution in [0.5, 0.6) is 0 Å². The lowest BCUT2D eigenvalue weighted by atomic mass is 10.0. The lowest BCUT2D eigenvalue weighted by Crippen LogP contribution is -2.37. The maximum absolute atomic E-state index is 12.8. The number of hydrogen-bond donors (Lipinski definition) is 0. The Morgan fingerprint density at radius 2 is 0.722 bits per heavy atom. The van der Waals surface area contributed by atoms with E-state index in [0.717, 1.165) is 122 Å². The van der Waals surface area contributed by atoms with E-state index in [2.05, 4.69) is 148 Å². The van der Waals surface area contributed by atoms with Gasteiger partial charge in [-0.25, -0.2) is 0 Å². The summed E-state index contributed by atoms with van der Waals surface area (Å²) in [6, 6.07) is 0. The molecule has 79 heavy (non-hydrogen) atoms. The third-order valence-corrected chi connectivity index (χ3v) is 13.9. The second-order valence-corrected chi connectivity index (χ2v) is 23.1. The average Bonchev–Trinajstić information content (AvgIpc) is 3.41. The Hall–Kier alpha value is -3.85. The molecule has 0 N–H and O–H groups in total. The largest absolute Gasteiger partial charge is 0.756 e. The van der Waals surface area contributed by atoms with E-state index in [1.807, 2.05) is 21.1 Å². The van der Waals surface area contributed by atoms with Gasteiger partial charge in [0.2, 0.25) is 0 Å². The number of phosphoric acid groups is 1. The molecule has 0 amide bonds. The number of ether oxygens (including phenoxy) is 2. The zero-order valence-electron chi connectivity index (χ0n) is 51.0. The van der Waals surface area contributed by atoms with Crippen LogP contribution in [0.4, 0.5) is 0 Å². The molecule has 0 rings (SSSR count). The molecule has 9 nitrogen and oxygen atoms in total. The fourth-order valence-electron chi connectivity index (χ4n) is 8.09. The van der Waals surface area contributed by atoms with Crippen LogP contribution >= 0.6 is 7.82 Å². The number of quaternary nitrogens is 1. The van der Waals surface area contributed by atoms with Gasteiger partial charge in [0, 0.05) is 12.8 Å². The lowest BCUT2D eigenvalue weighted by molar-refractivity contribution is -0.870. The predicted octanol–water partition coefficient (Wildman–Crippen LogP) is 19.5. The highest BCUT2D eigenvalue weighted by atomic mass is 31.2. The highest BCUT2D eigenvalue weighted by Crippen LogP contribution is 2.38. The fourth-order valence-corrected chi connectivity index (χ4v) is 8.82. The fraction of sp³-hybridized carbons (Fsp3) is 0.652. The number of nitrogens with zero attached hydrogens (tertiary/aromatic N) is 1. The Labute approximate surface area is 485 Å². The summed E-state index contributed by atoms with van der Waals surface area (Å²) < 4.78 is 34.1. The van der Waals surface area contributed by atoms with E-state index in [9.17, 15) is 19.0 Å². The zero-order chi connectivity index (χ0) is 57.7. The van der Waals surface area contributed by atoms with Gasteiger partial charge in [-0.1, -0.05) is 244 Å². The van der Waals surface area contributed by atoms with Crippen molar-refractivity contribution in [3.63, 3.8) is 0 Å². The second-order valence-electron chi connectivity index (χ2n) is 21.7. The first-order valence-corrected chi connectivity index (χ1v) is 32.9. The van der Waals surface area contributed by atoms with Crippen molar-refractivity contribution in [2.75, 3.05) is 47.5 Å². The number of phosphoric ester groups is 1. The molecule has 0 spiro atoms. The summed E-state index contributed by atoms with van der Waals surface area (Å²) in [5, 5.41) is 0. The number of unbranched alkanes of at least 4 members (excludes halogenated alkanes) is 20. The van der Waals surface area contributed by atoms with Gasteiger partial charge in [0.15, 0.2) is 6.10 Å². The molecule has 2 atom stereocenters. The molecule has 0 aliphatic rings. The van der Waals surface area contributed by atoms with Gasteiger partial charge in [-0.3, -0.25) is 14.2 Å². The Bertz CT molecular complexity index is 1790. The lowest BCUT2D eigenvalue weighted by Gasteiger charge is -2.28. The van der Waals surface area contributed by atoms with Gasteiger partial charge in [0.25, 0.3) is 7.82 Å². The molecule has 0 saturated carbocycles. The van der Waals surface area contributed by atoms with Gasteiger partial charge in [-0.05, 0) is 116 Å². The summed E-state index contributed by atoms with van der Waals surface area (Å²) in [5.74, 6) is -0.854. The van der Waals surface area contributed by atoms with E-state index < -0.39 is 32.5 Å². The Morgan fingerprint density at radius 3 is 1.09 bits per heavy atom. The van der Waals surface area contributed by atoms with Crippen molar-refractivity contribution in [3.05, 3.63) is 134 Å². The molecule has 0 radical (unpaired) electrons. The van der Waals surface area contributed by atoms with Crippen molar-refractivity contribution in [3.8, 4) is 0 Å². The van der Waals surface area contributed by atoms with Crippen LogP contribution in [-0.4, -0.2) is 70.0 Å². The maximum atomic E-state index is 12.8. The van der Waals surface area contributed by atoms with E-state index in [4.69, 9.17) is 18.5 Å². The molecule has 10 heteroatoms. The smallest absolute Gasteiger partial charge is 0.306 e. The topological polar surface area (TPSA) is 111 Å². The molecular weight excluding hydrogens is 1000 g/mol. The van der Waals surface area contributed by atoms with Gasteiger partial charge in [0.05, 0.1) is 27.7 Å². The first-order chi connectivity index (χ1) is 38.5. The number of likely N-dealkylation sites (N-methyl/N-ethyl adjacent to an activating group) is 1. The number of hydrogen-bond acceptors (Lipinski definition) is 8. The summed E-state index contributed by atoms with van der Waals surface area (Å²) in [4.78, 5) is 37.8. The normalized spacial score (nSPS) is 14.2. The average molecular weight is 1120 g/mol. The molecule has 0 aromatic carbocycles. The van der Waals surface area contributed by atoms with Gasteiger partial charge >= 0.3 is 11.9 Å². The summed E-state index contributed by atoms with van der Waals surface area (Å²) in [5.41, 5.74) is 0.